The number of halogens is 2. The molecule has 28 heavy (non-hydrogen) atoms. The number of aromatic amines is 2. The van der Waals surface area contributed by atoms with Gasteiger partial charge in [-0.2, -0.15) is 13.8 Å². The molecule has 0 atom stereocenters. The summed E-state index contributed by atoms with van der Waals surface area (Å²) < 4.78 is 35.8. The van der Waals surface area contributed by atoms with Crippen molar-refractivity contribution in [1.82, 2.24) is 19.5 Å². The second-order valence-corrected chi connectivity index (χ2v) is 5.80. The Kier molecular flexibility index (Phi) is 4.30. The summed E-state index contributed by atoms with van der Waals surface area (Å²) in [5, 5.41) is 0.518. The van der Waals surface area contributed by atoms with E-state index in [2.05, 4.69) is 19.7 Å². The lowest BCUT2D eigenvalue weighted by atomic mass is 10.2. The van der Waals surface area contributed by atoms with Crippen molar-refractivity contribution in [3.8, 4) is 17.3 Å². The number of rotatable bonds is 5. The van der Waals surface area contributed by atoms with E-state index in [0.29, 0.717) is 29.1 Å². The predicted octanol–water partition coefficient (Wildman–Crippen LogP) is 2.56. The van der Waals surface area contributed by atoms with Crippen molar-refractivity contribution in [1.29, 1.82) is 0 Å². The van der Waals surface area contributed by atoms with Gasteiger partial charge in [-0.05, 0) is 37.3 Å². The van der Waals surface area contributed by atoms with Crippen LogP contribution in [0.2, 0.25) is 0 Å². The van der Waals surface area contributed by atoms with Gasteiger partial charge in [-0.15, -0.1) is 0 Å². The van der Waals surface area contributed by atoms with Crippen LogP contribution in [-0.4, -0.2) is 32.7 Å². The standard InChI is InChI=1S/C18H14F2N4O4/c1-2-27-12-8-7-11-13-14(23-18(26)22-13)16(25)24(15(11)21-12)9-3-5-10(6-4-9)28-17(19)20/h3-8,17H,2H2,1H3,(H2,22,23,26). The van der Waals surface area contributed by atoms with Crippen LogP contribution < -0.4 is 20.7 Å². The fourth-order valence-corrected chi connectivity index (χ4v) is 2.99. The molecular formula is C18H14F2N4O4. The number of hydrogen-bond donors (Lipinski definition) is 2. The summed E-state index contributed by atoms with van der Waals surface area (Å²) in [5.74, 6) is 0.258. The average Bonchev–Trinajstić information content (AvgIpc) is 3.05. The first-order valence-electron chi connectivity index (χ1n) is 8.33. The zero-order valence-corrected chi connectivity index (χ0v) is 14.5. The Hall–Kier alpha value is -3.69. The van der Waals surface area contributed by atoms with Crippen LogP contribution >= 0.6 is 0 Å². The van der Waals surface area contributed by atoms with Crippen molar-refractivity contribution < 1.29 is 18.3 Å². The number of H-pyrrole nitrogens is 2. The van der Waals surface area contributed by atoms with E-state index in [1.807, 2.05) is 0 Å². The van der Waals surface area contributed by atoms with Crippen LogP contribution in [0.5, 0.6) is 11.6 Å². The molecule has 10 heteroatoms. The quantitative estimate of drug-likeness (QED) is 0.547. The monoisotopic (exact) mass is 388 g/mol. The number of pyridine rings is 2. The van der Waals surface area contributed by atoms with Crippen LogP contribution in [0.25, 0.3) is 27.8 Å². The molecule has 144 valence electrons. The maximum Gasteiger partial charge on any atom is 0.387 e. The number of aromatic nitrogens is 4. The van der Waals surface area contributed by atoms with Gasteiger partial charge >= 0.3 is 12.3 Å². The van der Waals surface area contributed by atoms with Gasteiger partial charge in [-0.25, -0.2) is 4.79 Å². The smallest absolute Gasteiger partial charge is 0.387 e. The summed E-state index contributed by atoms with van der Waals surface area (Å²) in [4.78, 5) is 34.2. The van der Waals surface area contributed by atoms with Crippen molar-refractivity contribution >= 4 is 22.1 Å². The fraction of sp³-hybridized carbons (Fsp3) is 0.167. The molecule has 4 aromatic rings. The third kappa shape index (κ3) is 2.98. The van der Waals surface area contributed by atoms with Crippen molar-refractivity contribution in [2.45, 2.75) is 13.5 Å². The molecule has 0 spiro atoms. The minimum atomic E-state index is -2.95. The Morgan fingerprint density at radius 3 is 2.46 bits per heavy atom. The molecular weight excluding hydrogens is 374 g/mol. The van der Waals surface area contributed by atoms with Crippen LogP contribution in [0.15, 0.2) is 46.0 Å². The molecule has 4 rings (SSSR count). The van der Waals surface area contributed by atoms with Crippen molar-refractivity contribution in [2.75, 3.05) is 6.61 Å². The molecule has 0 radical (unpaired) electrons. The first-order valence-corrected chi connectivity index (χ1v) is 8.33. The van der Waals surface area contributed by atoms with Crippen molar-refractivity contribution in [2.24, 2.45) is 0 Å². The van der Waals surface area contributed by atoms with E-state index in [0.717, 1.165) is 0 Å². The molecule has 0 saturated heterocycles. The molecule has 2 N–H and O–H groups in total. The second kappa shape index (κ2) is 6.80. The second-order valence-electron chi connectivity index (χ2n) is 5.80. The summed E-state index contributed by atoms with van der Waals surface area (Å²) in [7, 11) is 0. The summed E-state index contributed by atoms with van der Waals surface area (Å²) in [6.07, 6.45) is 0. The van der Waals surface area contributed by atoms with Gasteiger partial charge in [0.1, 0.15) is 11.3 Å². The zero-order valence-electron chi connectivity index (χ0n) is 14.5. The molecule has 0 amide bonds. The number of hydrogen-bond acceptors (Lipinski definition) is 5. The summed E-state index contributed by atoms with van der Waals surface area (Å²) in [5.41, 5.74) is -0.0287. The normalized spacial score (nSPS) is 11.4. The summed E-state index contributed by atoms with van der Waals surface area (Å²) in [6.45, 7) is -0.773. The van der Waals surface area contributed by atoms with Crippen LogP contribution in [0.3, 0.4) is 0 Å². The van der Waals surface area contributed by atoms with E-state index in [1.54, 1.807) is 19.1 Å². The largest absolute Gasteiger partial charge is 0.478 e. The molecule has 8 nitrogen and oxygen atoms in total. The number of fused-ring (bicyclic) bond motifs is 3. The SMILES string of the molecule is CCOc1ccc2c3[nH]c(=O)[nH]c3c(=O)n(-c3ccc(OC(F)F)cc3)c2n1. The molecule has 0 saturated carbocycles. The van der Waals surface area contributed by atoms with Crippen LogP contribution in [0, 0.1) is 0 Å². The molecule has 3 aromatic heterocycles. The van der Waals surface area contributed by atoms with Gasteiger partial charge in [-0.1, -0.05) is 0 Å². The summed E-state index contributed by atoms with van der Waals surface area (Å²) in [6, 6.07) is 8.84. The highest BCUT2D eigenvalue weighted by Crippen LogP contribution is 2.24. The number of imidazole rings is 1. The molecule has 0 aliphatic heterocycles. The lowest BCUT2D eigenvalue weighted by Crippen LogP contribution is -2.20. The van der Waals surface area contributed by atoms with Crippen LogP contribution in [0.1, 0.15) is 6.92 Å². The average molecular weight is 388 g/mol. The number of nitrogens with zero attached hydrogens (tertiary/aromatic N) is 2. The third-order valence-electron chi connectivity index (χ3n) is 4.09. The third-order valence-corrected chi connectivity index (χ3v) is 4.09. The van der Waals surface area contributed by atoms with Gasteiger partial charge in [0.15, 0.2) is 5.65 Å². The summed E-state index contributed by atoms with van der Waals surface area (Å²) >= 11 is 0. The fourth-order valence-electron chi connectivity index (χ4n) is 2.99. The number of ether oxygens (including phenoxy) is 2. The van der Waals surface area contributed by atoms with E-state index in [4.69, 9.17) is 4.74 Å². The minimum absolute atomic E-state index is 0.0461. The first kappa shape index (κ1) is 17.7. The van der Waals surface area contributed by atoms with E-state index in [9.17, 15) is 18.4 Å². The molecule has 0 unspecified atom stereocenters. The van der Waals surface area contributed by atoms with Gasteiger partial charge < -0.3 is 19.4 Å². The Balaban J connectivity index is 2.01. The molecule has 3 heterocycles. The molecule has 0 bridgehead atoms. The Morgan fingerprint density at radius 1 is 1.07 bits per heavy atom. The minimum Gasteiger partial charge on any atom is -0.478 e. The highest BCUT2D eigenvalue weighted by Gasteiger charge is 2.17. The highest BCUT2D eigenvalue weighted by molar-refractivity contribution is 6.01. The number of nitrogens with one attached hydrogen (secondary N) is 2. The molecule has 0 aliphatic rings. The van der Waals surface area contributed by atoms with Crippen molar-refractivity contribution in [3.63, 3.8) is 0 Å². The van der Waals surface area contributed by atoms with Gasteiger partial charge in [0.2, 0.25) is 5.88 Å². The highest BCUT2D eigenvalue weighted by atomic mass is 19.3. The number of benzene rings is 1. The van der Waals surface area contributed by atoms with E-state index in [1.165, 1.54) is 28.8 Å². The number of alkyl halides is 2. The maximum absolute atomic E-state index is 13.0. The lowest BCUT2D eigenvalue weighted by molar-refractivity contribution is -0.0498. The molecule has 0 fully saturated rings. The van der Waals surface area contributed by atoms with Gasteiger partial charge in [0, 0.05) is 11.5 Å². The van der Waals surface area contributed by atoms with Crippen LogP contribution in [0.4, 0.5) is 8.78 Å². The van der Waals surface area contributed by atoms with Gasteiger partial charge in [-0.3, -0.25) is 9.36 Å². The van der Waals surface area contributed by atoms with Gasteiger partial charge in [0.05, 0.1) is 17.8 Å². The van der Waals surface area contributed by atoms with E-state index >= 15 is 0 Å². The Bertz CT molecular complexity index is 1280. The predicted molar refractivity (Wildman–Crippen MR) is 97.6 cm³/mol. The lowest BCUT2D eigenvalue weighted by Gasteiger charge is -2.12. The first-order chi connectivity index (χ1) is 13.5. The van der Waals surface area contributed by atoms with E-state index in [-0.39, 0.29) is 16.9 Å². The topological polar surface area (TPSA) is 102 Å². The van der Waals surface area contributed by atoms with Crippen molar-refractivity contribution in [3.05, 3.63) is 57.2 Å². The Labute approximate surface area is 155 Å². The molecule has 0 aliphatic carbocycles. The van der Waals surface area contributed by atoms with E-state index < -0.39 is 17.9 Å². The Morgan fingerprint density at radius 2 is 1.79 bits per heavy atom. The van der Waals surface area contributed by atoms with Gasteiger partial charge in [0.25, 0.3) is 5.56 Å². The molecule has 1 aromatic carbocycles. The van der Waals surface area contributed by atoms with Crippen LogP contribution in [-0.2, 0) is 0 Å². The zero-order chi connectivity index (χ0) is 19.8. The maximum atomic E-state index is 13.0.